The van der Waals surface area contributed by atoms with E-state index in [9.17, 15) is 4.79 Å². The Hall–Kier alpha value is -1.06. The van der Waals surface area contributed by atoms with Crippen LogP contribution in [0.1, 0.15) is 13.8 Å². The summed E-state index contributed by atoms with van der Waals surface area (Å²) in [5, 5.41) is 0. The predicted molar refractivity (Wildman–Crippen MR) is 70.4 cm³/mol. The summed E-state index contributed by atoms with van der Waals surface area (Å²) in [6.45, 7) is 3.97. The van der Waals surface area contributed by atoms with Crippen LogP contribution in [0.2, 0.25) is 0 Å². The molecule has 0 N–H and O–H groups in total. The topological polar surface area (TPSA) is 39.2 Å². The molecule has 1 fully saturated rings. The van der Waals surface area contributed by atoms with Gasteiger partial charge in [-0.25, -0.2) is 0 Å². The Morgan fingerprint density at radius 1 is 1.50 bits per heavy atom. The molecule has 0 spiro atoms. The number of rotatable bonds is 3. The highest BCUT2D eigenvalue weighted by atomic mass is 35.5. The lowest BCUT2D eigenvalue weighted by atomic mass is 10.1. The Morgan fingerprint density at radius 3 is 2.78 bits per heavy atom. The van der Waals surface area contributed by atoms with Gasteiger partial charge in [0.25, 0.3) is 0 Å². The lowest BCUT2D eigenvalue weighted by Crippen LogP contribution is -2.13. The number of nitrogens with zero attached hydrogens (tertiary/aromatic N) is 1. The van der Waals surface area contributed by atoms with Crippen molar-refractivity contribution in [1.82, 2.24) is 4.98 Å². The van der Waals surface area contributed by atoms with E-state index in [0.29, 0.717) is 5.75 Å². The minimum Gasteiger partial charge on any atom is -0.425 e. The molecule has 5 heteroatoms. The molecular weight excluding hydrogens is 273 g/mol. The van der Waals surface area contributed by atoms with Crippen molar-refractivity contribution in [3.8, 4) is 5.75 Å². The third kappa shape index (κ3) is 2.68. The first-order valence-corrected chi connectivity index (χ1v) is 6.33. The van der Waals surface area contributed by atoms with E-state index >= 15 is 0 Å². The summed E-state index contributed by atoms with van der Waals surface area (Å²) in [6.07, 6.45) is 4.82. The zero-order valence-electron chi connectivity index (χ0n) is 10.1. The summed E-state index contributed by atoms with van der Waals surface area (Å²) in [5.41, 5.74) is -0.172. The van der Waals surface area contributed by atoms with E-state index in [0.717, 1.165) is 0 Å². The Kier molecular flexibility index (Phi) is 3.64. The monoisotopic (exact) mass is 285 g/mol. The molecule has 0 aliphatic heterocycles. The molecule has 3 nitrogen and oxygen atoms in total. The average molecular weight is 286 g/mol. The fourth-order valence-corrected chi connectivity index (χ4v) is 2.43. The predicted octanol–water partition coefficient (Wildman–Crippen LogP) is 3.58. The van der Waals surface area contributed by atoms with E-state index in [1.54, 1.807) is 24.4 Å². The van der Waals surface area contributed by atoms with Crippen LogP contribution >= 0.6 is 23.2 Å². The molecule has 1 saturated carbocycles. The summed E-state index contributed by atoms with van der Waals surface area (Å²) in [7, 11) is 0. The van der Waals surface area contributed by atoms with Crippen LogP contribution in [0.5, 0.6) is 5.75 Å². The molecule has 0 radical (unpaired) electrons. The van der Waals surface area contributed by atoms with Gasteiger partial charge in [0.15, 0.2) is 0 Å². The second kappa shape index (κ2) is 4.90. The molecule has 96 valence electrons. The first-order valence-electron chi connectivity index (χ1n) is 5.57. The smallest absolute Gasteiger partial charge is 0.315 e. The Labute approximate surface area is 116 Å². The summed E-state index contributed by atoms with van der Waals surface area (Å²) in [6, 6.07) is 3.41. The van der Waals surface area contributed by atoms with Gasteiger partial charge in [-0.05, 0) is 29.5 Å². The van der Waals surface area contributed by atoms with Gasteiger partial charge in [0.05, 0.1) is 12.1 Å². The highest BCUT2D eigenvalue weighted by molar-refractivity contribution is 6.55. The highest BCUT2D eigenvalue weighted by Gasteiger charge is 2.61. The fraction of sp³-hybridized carbons (Fsp3) is 0.385. The number of aromatic nitrogens is 1. The summed E-state index contributed by atoms with van der Waals surface area (Å²) in [4.78, 5) is 15.9. The number of carbonyl (C=O) groups is 1. The maximum absolute atomic E-state index is 12.0. The molecule has 0 unspecified atom stereocenters. The van der Waals surface area contributed by atoms with Crippen LogP contribution in [0.15, 0.2) is 35.1 Å². The minimum atomic E-state index is -0.274. The maximum Gasteiger partial charge on any atom is 0.315 e. The largest absolute Gasteiger partial charge is 0.425 e. The van der Waals surface area contributed by atoms with Gasteiger partial charge in [-0.1, -0.05) is 37.0 Å². The molecule has 2 atom stereocenters. The van der Waals surface area contributed by atoms with E-state index < -0.39 is 0 Å². The number of carbonyl (C=O) groups excluding carboxylic acids is 1. The van der Waals surface area contributed by atoms with Crippen molar-refractivity contribution < 1.29 is 9.53 Å². The second-order valence-corrected chi connectivity index (χ2v) is 5.90. The lowest BCUT2D eigenvalue weighted by molar-refractivity contribution is -0.136. The number of esters is 1. The number of hydrogen-bond donors (Lipinski definition) is 0. The molecule has 2 rings (SSSR count). The Bertz CT molecular complexity index is 481. The van der Waals surface area contributed by atoms with Gasteiger partial charge in [0.2, 0.25) is 0 Å². The molecule has 1 aromatic rings. The standard InChI is InChI=1S/C13H13Cl2NO2/c1-13(2)9(6-10(14)15)11(13)12(17)18-8-4-3-5-16-7-8/h3-7,9,11H,1-2H3/t9-,11+/m0/s1. The highest BCUT2D eigenvalue weighted by Crippen LogP contribution is 2.60. The molecule has 0 saturated heterocycles. The third-order valence-electron chi connectivity index (χ3n) is 3.32. The van der Waals surface area contributed by atoms with Gasteiger partial charge in [-0.15, -0.1) is 0 Å². The van der Waals surface area contributed by atoms with E-state index in [1.807, 2.05) is 13.8 Å². The maximum atomic E-state index is 12.0. The lowest BCUT2D eigenvalue weighted by Gasteiger charge is -2.04. The summed E-state index contributed by atoms with van der Waals surface area (Å²) >= 11 is 11.3. The second-order valence-electron chi connectivity index (χ2n) is 4.89. The van der Waals surface area contributed by atoms with Gasteiger partial charge in [-0.2, -0.15) is 0 Å². The van der Waals surface area contributed by atoms with Crippen LogP contribution < -0.4 is 4.74 Å². The number of ether oxygens (including phenoxy) is 1. The average Bonchev–Trinajstić information content (AvgIpc) is 2.80. The van der Waals surface area contributed by atoms with Crippen molar-refractivity contribution >= 4 is 29.2 Å². The van der Waals surface area contributed by atoms with Gasteiger partial charge >= 0.3 is 5.97 Å². The number of hydrogen-bond acceptors (Lipinski definition) is 3. The molecule has 0 aromatic carbocycles. The SMILES string of the molecule is CC1(C)[C@@H](C=C(Cl)Cl)[C@@H]1C(=O)Oc1cccnc1. The summed E-state index contributed by atoms with van der Waals surface area (Å²) in [5.74, 6) is -0.0226. The molecule has 1 aromatic heterocycles. The van der Waals surface area contributed by atoms with Crippen LogP contribution in [-0.4, -0.2) is 11.0 Å². The summed E-state index contributed by atoms with van der Waals surface area (Å²) < 4.78 is 5.45. The van der Waals surface area contributed by atoms with E-state index in [-0.39, 0.29) is 27.7 Å². The number of pyridine rings is 1. The molecule has 1 aliphatic rings. The van der Waals surface area contributed by atoms with Crippen molar-refractivity contribution in [1.29, 1.82) is 0 Å². The number of halogens is 2. The zero-order chi connectivity index (χ0) is 13.3. The van der Waals surface area contributed by atoms with Crippen LogP contribution in [0, 0.1) is 17.3 Å². The van der Waals surface area contributed by atoms with Crippen LogP contribution in [-0.2, 0) is 4.79 Å². The van der Waals surface area contributed by atoms with E-state index in [1.165, 1.54) is 6.20 Å². The molecule has 1 heterocycles. The zero-order valence-corrected chi connectivity index (χ0v) is 11.6. The van der Waals surface area contributed by atoms with E-state index in [2.05, 4.69) is 4.98 Å². The van der Waals surface area contributed by atoms with Crippen molar-refractivity contribution in [2.75, 3.05) is 0 Å². The number of allylic oxidation sites excluding steroid dienone is 1. The quantitative estimate of drug-likeness (QED) is 0.797. The minimum absolute atomic E-state index is 0.0201. The first kappa shape index (κ1) is 13.4. The molecule has 18 heavy (non-hydrogen) atoms. The van der Waals surface area contributed by atoms with Gasteiger partial charge in [0, 0.05) is 6.20 Å². The Morgan fingerprint density at radius 2 is 2.22 bits per heavy atom. The molecule has 0 amide bonds. The van der Waals surface area contributed by atoms with Crippen LogP contribution in [0.3, 0.4) is 0 Å². The fourth-order valence-electron chi connectivity index (χ4n) is 2.16. The van der Waals surface area contributed by atoms with Crippen molar-refractivity contribution in [2.24, 2.45) is 17.3 Å². The molecular formula is C13H13Cl2NO2. The van der Waals surface area contributed by atoms with Crippen molar-refractivity contribution in [3.05, 3.63) is 35.1 Å². The van der Waals surface area contributed by atoms with Crippen LogP contribution in [0.4, 0.5) is 0 Å². The Balaban J connectivity index is 2.05. The van der Waals surface area contributed by atoms with Gasteiger partial charge in [-0.3, -0.25) is 9.78 Å². The van der Waals surface area contributed by atoms with Gasteiger partial charge in [0.1, 0.15) is 10.2 Å². The normalized spacial score (nSPS) is 24.2. The third-order valence-corrected chi connectivity index (χ3v) is 3.57. The molecule has 0 bridgehead atoms. The van der Waals surface area contributed by atoms with Gasteiger partial charge < -0.3 is 4.74 Å². The molecule has 1 aliphatic carbocycles. The van der Waals surface area contributed by atoms with Crippen LogP contribution in [0.25, 0.3) is 0 Å². The van der Waals surface area contributed by atoms with Crippen molar-refractivity contribution in [3.63, 3.8) is 0 Å². The van der Waals surface area contributed by atoms with Crippen molar-refractivity contribution in [2.45, 2.75) is 13.8 Å². The van der Waals surface area contributed by atoms with E-state index in [4.69, 9.17) is 27.9 Å². The first-order chi connectivity index (χ1) is 8.43.